The molecule has 8 heteroatoms. The third kappa shape index (κ3) is 2.60. The van der Waals surface area contributed by atoms with Crippen molar-refractivity contribution in [2.45, 2.75) is 51.1 Å². The van der Waals surface area contributed by atoms with Crippen LogP contribution < -0.4 is 0 Å². The zero-order valence-corrected chi connectivity index (χ0v) is 16.0. The molecular weight excluding hydrogens is 389 g/mol. The first-order valence-corrected chi connectivity index (χ1v) is 9.01. The Morgan fingerprint density at radius 3 is 2.44 bits per heavy atom. The maximum atomic E-state index is 11.6. The summed E-state index contributed by atoms with van der Waals surface area (Å²) >= 11 is 18.8. The molecule has 0 spiro atoms. The minimum atomic E-state index is -0.713. The van der Waals surface area contributed by atoms with E-state index in [-0.39, 0.29) is 23.5 Å². The number of aromatic nitrogens is 1. The first-order valence-electron chi connectivity index (χ1n) is 7.88. The van der Waals surface area contributed by atoms with Crippen LogP contribution in [-0.2, 0) is 14.2 Å². The topological polar surface area (TPSA) is 49.7 Å². The van der Waals surface area contributed by atoms with Crippen molar-refractivity contribution in [2.24, 2.45) is 0 Å². The van der Waals surface area contributed by atoms with Gasteiger partial charge in [-0.2, -0.15) is 0 Å². The summed E-state index contributed by atoms with van der Waals surface area (Å²) in [5.74, 6) is -0.713. The summed E-state index contributed by atoms with van der Waals surface area (Å²) in [7, 11) is 0. The maximum Gasteiger partial charge on any atom is 0.164 e. The van der Waals surface area contributed by atoms with Crippen LogP contribution >= 0.6 is 34.8 Å². The van der Waals surface area contributed by atoms with Crippen molar-refractivity contribution in [3.05, 3.63) is 32.9 Å². The number of hydrogen-bond donors (Lipinski definition) is 0. The van der Waals surface area contributed by atoms with Gasteiger partial charge in [0, 0.05) is 5.39 Å². The molecule has 0 unspecified atom stereocenters. The molecule has 4 atom stereocenters. The van der Waals surface area contributed by atoms with Crippen molar-refractivity contribution in [3.8, 4) is 0 Å². The number of fused-ring (bicyclic) bond motifs is 2. The molecule has 0 saturated carbocycles. The molecule has 4 rings (SSSR count). The lowest BCUT2D eigenvalue weighted by atomic mass is 10.1. The monoisotopic (exact) mass is 403 g/mol. The van der Waals surface area contributed by atoms with Crippen LogP contribution in [0, 0.1) is 0 Å². The summed E-state index contributed by atoms with van der Waals surface area (Å²) in [4.78, 5) is 11.6. The molecule has 2 aromatic rings. The zero-order valence-electron chi connectivity index (χ0n) is 13.8. The molecule has 25 heavy (non-hydrogen) atoms. The first kappa shape index (κ1) is 17.6. The van der Waals surface area contributed by atoms with Crippen molar-refractivity contribution in [1.29, 1.82) is 0 Å². The van der Waals surface area contributed by atoms with Crippen LogP contribution in [0.25, 0.3) is 10.9 Å². The third-order valence-corrected chi connectivity index (χ3v) is 5.76. The Hall–Kier alpha value is -0.820. The number of carbonyl (C=O) groups is 1. The van der Waals surface area contributed by atoms with Gasteiger partial charge >= 0.3 is 0 Å². The Kier molecular flexibility index (Phi) is 4.11. The predicted molar refractivity (Wildman–Crippen MR) is 95.8 cm³/mol. The lowest BCUT2D eigenvalue weighted by Crippen LogP contribution is -2.28. The average molecular weight is 405 g/mol. The number of halogens is 3. The summed E-state index contributed by atoms with van der Waals surface area (Å²) in [6, 6.07) is 3.32. The number of nitrogens with zero attached hydrogens (tertiary/aromatic N) is 1. The van der Waals surface area contributed by atoms with Crippen LogP contribution in [0.5, 0.6) is 0 Å². The average Bonchev–Trinajstić information content (AvgIpc) is 3.08. The molecular formula is C17H16Cl3NO4. The van der Waals surface area contributed by atoms with E-state index in [4.69, 9.17) is 49.0 Å². The highest BCUT2D eigenvalue weighted by Gasteiger charge is 2.55. The molecule has 5 nitrogen and oxygen atoms in total. The van der Waals surface area contributed by atoms with E-state index >= 15 is 0 Å². The van der Waals surface area contributed by atoms with Crippen LogP contribution in [0.1, 0.15) is 37.4 Å². The third-order valence-electron chi connectivity index (χ3n) is 4.66. The molecule has 0 radical (unpaired) electrons. The van der Waals surface area contributed by atoms with Gasteiger partial charge in [-0.1, -0.05) is 34.8 Å². The lowest BCUT2D eigenvalue weighted by molar-refractivity contribution is -0.194. The smallest absolute Gasteiger partial charge is 0.164 e. The molecule has 134 valence electrons. The van der Waals surface area contributed by atoms with Gasteiger partial charge in [0.25, 0.3) is 0 Å². The van der Waals surface area contributed by atoms with Crippen LogP contribution in [0.3, 0.4) is 0 Å². The van der Waals surface area contributed by atoms with Crippen LogP contribution in [-0.4, -0.2) is 35.0 Å². The number of aldehydes is 1. The largest absolute Gasteiger partial charge is 0.349 e. The van der Waals surface area contributed by atoms with Gasteiger partial charge in [-0.15, -0.1) is 0 Å². The van der Waals surface area contributed by atoms with Crippen LogP contribution in [0.2, 0.25) is 15.2 Å². The maximum absolute atomic E-state index is 11.6. The molecule has 0 N–H and O–H groups in total. The van der Waals surface area contributed by atoms with Crippen LogP contribution in [0.15, 0.2) is 12.1 Å². The van der Waals surface area contributed by atoms with E-state index in [1.807, 2.05) is 20.8 Å². The number of rotatable bonds is 2. The van der Waals surface area contributed by atoms with Crippen molar-refractivity contribution in [2.75, 3.05) is 0 Å². The standard InChI is InChI=1S/C17H16Cl3NO4/c1-7-13-14(25-17(2,3)24-13)16(23-7)21-12-5-11(19)10(18)4-8(12)9(6-22)15(21)20/h4-7,13-14,16H,1-3H3/t7-,13-,14-,16-/m1/s1. The molecule has 0 amide bonds. The number of carbonyl (C=O) groups excluding carboxylic acids is 1. The fourth-order valence-corrected chi connectivity index (χ4v) is 4.30. The SMILES string of the molecule is C[C@H]1O[C@@H](n2c(Cl)c(C=O)c3cc(Cl)c(Cl)cc32)[C@@H]2OC(C)(C)O[C@@H]21. The molecule has 1 aromatic carbocycles. The number of benzene rings is 1. The van der Waals surface area contributed by atoms with Crippen molar-refractivity contribution >= 4 is 52.0 Å². The highest BCUT2D eigenvalue weighted by molar-refractivity contribution is 6.43. The molecule has 1 aromatic heterocycles. The fourth-order valence-electron chi connectivity index (χ4n) is 3.64. The van der Waals surface area contributed by atoms with Crippen molar-refractivity contribution in [1.82, 2.24) is 4.57 Å². The van der Waals surface area contributed by atoms with Gasteiger partial charge < -0.3 is 18.8 Å². The van der Waals surface area contributed by atoms with Gasteiger partial charge in [-0.05, 0) is 32.9 Å². The Morgan fingerprint density at radius 2 is 1.76 bits per heavy atom. The van der Waals surface area contributed by atoms with E-state index in [0.717, 1.165) is 0 Å². The summed E-state index contributed by atoms with van der Waals surface area (Å²) in [5, 5.41) is 1.60. The Balaban J connectivity index is 1.91. The van der Waals surface area contributed by atoms with Gasteiger partial charge in [-0.3, -0.25) is 4.79 Å². The minimum Gasteiger partial charge on any atom is -0.349 e. The zero-order chi connectivity index (χ0) is 18.1. The molecule has 3 heterocycles. The number of hydrogen-bond acceptors (Lipinski definition) is 4. The Bertz CT molecular complexity index is 879. The Morgan fingerprint density at radius 1 is 1.12 bits per heavy atom. The summed E-state index contributed by atoms with van der Waals surface area (Å²) in [5.41, 5.74) is 1.00. The molecule has 2 aliphatic heterocycles. The van der Waals surface area contributed by atoms with Crippen molar-refractivity contribution < 1.29 is 19.0 Å². The normalized spacial score (nSPS) is 30.8. The van der Waals surface area contributed by atoms with E-state index in [2.05, 4.69) is 0 Å². The quantitative estimate of drug-likeness (QED) is 0.671. The van der Waals surface area contributed by atoms with E-state index < -0.39 is 12.0 Å². The lowest BCUT2D eigenvalue weighted by Gasteiger charge is -2.25. The van der Waals surface area contributed by atoms with E-state index in [9.17, 15) is 4.79 Å². The van der Waals surface area contributed by atoms with Crippen molar-refractivity contribution in [3.63, 3.8) is 0 Å². The van der Waals surface area contributed by atoms with Gasteiger partial charge in [-0.25, -0.2) is 0 Å². The molecule has 2 fully saturated rings. The van der Waals surface area contributed by atoms with Crippen LogP contribution in [0.4, 0.5) is 0 Å². The van der Waals surface area contributed by atoms with Gasteiger partial charge in [0.1, 0.15) is 17.4 Å². The molecule has 2 aliphatic rings. The van der Waals surface area contributed by atoms with E-state index in [1.165, 1.54) is 0 Å². The predicted octanol–water partition coefficient (Wildman–Crippen LogP) is 4.85. The van der Waals surface area contributed by atoms with E-state index in [0.29, 0.717) is 32.8 Å². The highest BCUT2D eigenvalue weighted by atomic mass is 35.5. The van der Waals surface area contributed by atoms with Gasteiger partial charge in [0.15, 0.2) is 18.3 Å². The second-order valence-electron chi connectivity index (χ2n) is 6.77. The van der Waals surface area contributed by atoms with E-state index in [1.54, 1.807) is 16.7 Å². The molecule has 2 saturated heterocycles. The fraction of sp³-hybridized carbons (Fsp3) is 0.471. The summed E-state index contributed by atoms with van der Waals surface area (Å²) in [6.07, 6.45) is -0.601. The second-order valence-corrected chi connectivity index (χ2v) is 7.94. The summed E-state index contributed by atoms with van der Waals surface area (Å²) in [6.45, 7) is 5.64. The number of ether oxygens (including phenoxy) is 3. The first-order chi connectivity index (χ1) is 11.7. The Labute approximate surface area is 159 Å². The molecule has 0 aliphatic carbocycles. The molecule has 0 bridgehead atoms. The van der Waals surface area contributed by atoms with Gasteiger partial charge in [0.2, 0.25) is 0 Å². The van der Waals surface area contributed by atoms with Gasteiger partial charge in [0.05, 0.1) is 27.2 Å². The second kappa shape index (κ2) is 5.84. The minimum absolute atomic E-state index is 0.187. The summed E-state index contributed by atoms with van der Waals surface area (Å²) < 4.78 is 19.8. The highest BCUT2D eigenvalue weighted by Crippen LogP contribution is 2.46.